The van der Waals surface area contributed by atoms with E-state index in [4.69, 9.17) is 0 Å². The van der Waals surface area contributed by atoms with Crippen molar-refractivity contribution < 1.29 is 32.2 Å². The lowest BCUT2D eigenvalue weighted by Crippen LogP contribution is -2.47. The Morgan fingerprint density at radius 1 is 1.05 bits per heavy atom. The lowest BCUT2D eigenvalue weighted by atomic mass is 9.51. The summed E-state index contributed by atoms with van der Waals surface area (Å²) in [5.74, 6) is -1.98. The minimum atomic E-state index is -5.47. The second-order valence-electron chi connectivity index (χ2n) is 12.1. The number of nitrogens with zero attached hydrogens (tertiary/aromatic N) is 1. The second kappa shape index (κ2) is 11.8. The molecule has 0 heterocycles. The van der Waals surface area contributed by atoms with Crippen LogP contribution in [-0.2, 0) is 6.42 Å². The zero-order chi connectivity index (χ0) is 27.7. The predicted molar refractivity (Wildman–Crippen MR) is 141 cm³/mol. The van der Waals surface area contributed by atoms with E-state index in [0.717, 1.165) is 64.3 Å². The zero-order valence-electron chi connectivity index (χ0n) is 22.5. The van der Waals surface area contributed by atoms with Gasteiger partial charge in [-0.05, 0) is 111 Å². The molecule has 1 aromatic carbocycles. The van der Waals surface area contributed by atoms with Crippen LogP contribution in [-0.4, -0.2) is 52.1 Å². The maximum absolute atomic E-state index is 13.0. The van der Waals surface area contributed by atoms with E-state index < -0.39 is 18.5 Å². The molecule has 0 saturated heterocycles. The Hall–Kier alpha value is -1.06. The number of hydrogen-bond acceptors (Lipinski definition) is 4. The molecule has 3 aliphatic rings. The fourth-order valence-electron chi connectivity index (χ4n) is 7.77. The highest BCUT2D eigenvalue weighted by Crippen LogP contribution is 2.63. The van der Waals surface area contributed by atoms with Crippen LogP contribution < -0.4 is 0 Å². The van der Waals surface area contributed by atoms with Crippen LogP contribution in [0.2, 0.25) is 0 Å². The van der Waals surface area contributed by atoms with Gasteiger partial charge in [-0.15, -0.1) is 0 Å². The van der Waals surface area contributed by atoms with E-state index in [9.17, 15) is 32.2 Å². The first kappa shape index (κ1) is 29.9. The normalized spacial score (nSPS) is 31.2. The number of phenolic OH excluding ortho intramolecular Hbond substituents is 1. The number of aliphatic hydroxyl groups excluding tert-OH is 1. The molecule has 216 valence electrons. The van der Waals surface area contributed by atoms with Gasteiger partial charge in [0.05, 0.1) is 6.10 Å². The summed E-state index contributed by atoms with van der Waals surface area (Å²) in [7, 11) is 1.86. The number of hydrogen-bond donors (Lipinski definition) is 2. The molecule has 2 fully saturated rings. The van der Waals surface area contributed by atoms with Crippen molar-refractivity contribution in [3.8, 4) is 5.75 Å². The van der Waals surface area contributed by atoms with E-state index in [2.05, 4.69) is 13.0 Å². The summed E-state index contributed by atoms with van der Waals surface area (Å²) in [4.78, 5) is 0. The fourth-order valence-corrected chi connectivity index (χ4v) is 8.61. The number of fused-ring (bicyclic) bond motifs is 5. The van der Waals surface area contributed by atoms with Crippen LogP contribution in [0.4, 0.5) is 22.0 Å². The van der Waals surface area contributed by atoms with Crippen LogP contribution in [0.15, 0.2) is 18.2 Å². The molecule has 2 saturated carbocycles. The van der Waals surface area contributed by atoms with Crippen molar-refractivity contribution in [2.45, 2.75) is 102 Å². The summed E-state index contributed by atoms with van der Waals surface area (Å²) >= 11 is 1.32. The quantitative estimate of drug-likeness (QED) is 0.163. The Kier molecular flexibility index (Phi) is 9.30. The third-order valence-electron chi connectivity index (χ3n) is 9.69. The first-order valence-corrected chi connectivity index (χ1v) is 15.1. The molecule has 3 nitrogen and oxygen atoms in total. The highest BCUT2D eigenvalue weighted by Gasteiger charge is 2.58. The molecule has 1 aromatic rings. The number of halogens is 5. The SMILES string of the molecule is CN(CCCCC[C@H]1CC2(C)C(O)CCC2C2CCc3cc(O)ccc3C21)SCCCC(F)(F)C(F)(F)F. The van der Waals surface area contributed by atoms with Gasteiger partial charge < -0.3 is 10.2 Å². The van der Waals surface area contributed by atoms with Crippen molar-refractivity contribution in [1.29, 1.82) is 0 Å². The number of aryl methyl sites for hydroxylation is 1. The van der Waals surface area contributed by atoms with Crippen molar-refractivity contribution in [2.24, 2.45) is 23.2 Å². The van der Waals surface area contributed by atoms with Crippen molar-refractivity contribution in [3.05, 3.63) is 29.3 Å². The Balaban J connectivity index is 1.26. The highest BCUT2D eigenvalue weighted by atomic mass is 32.2. The lowest BCUT2D eigenvalue weighted by Gasteiger charge is -2.54. The van der Waals surface area contributed by atoms with E-state index in [1.54, 1.807) is 0 Å². The third kappa shape index (κ3) is 6.30. The van der Waals surface area contributed by atoms with Gasteiger partial charge in [-0.3, -0.25) is 4.31 Å². The van der Waals surface area contributed by atoms with Gasteiger partial charge in [-0.25, -0.2) is 0 Å². The summed E-state index contributed by atoms with van der Waals surface area (Å²) in [5.41, 5.74) is 2.63. The van der Waals surface area contributed by atoms with E-state index in [-0.39, 0.29) is 23.7 Å². The molecule has 3 aliphatic carbocycles. The van der Waals surface area contributed by atoms with Crippen LogP contribution in [0.25, 0.3) is 0 Å². The minimum Gasteiger partial charge on any atom is -0.508 e. The van der Waals surface area contributed by atoms with Crippen molar-refractivity contribution in [1.82, 2.24) is 4.31 Å². The molecule has 0 radical (unpaired) electrons. The largest absolute Gasteiger partial charge is 0.508 e. The zero-order valence-corrected chi connectivity index (χ0v) is 23.3. The first-order valence-electron chi connectivity index (χ1n) is 14.1. The van der Waals surface area contributed by atoms with Crippen molar-refractivity contribution in [3.63, 3.8) is 0 Å². The van der Waals surface area contributed by atoms with Gasteiger partial charge in [-0.2, -0.15) is 22.0 Å². The van der Waals surface area contributed by atoms with Gasteiger partial charge in [-0.1, -0.05) is 37.8 Å². The molecule has 2 N–H and O–H groups in total. The molecule has 9 heteroatoms. The third-order valence-corrected chi connectivity index (χ3v) is 10.8. The van der Waals surface area contributed by atoms with E-state index in [1.165, 1.54) is 23.1 Å². The summed E-state index contributed by atoms with van der Waals surface area (Å²) in [5, 5.41) is 21.0. The molecule has 5 unspecified atom stereocenters. The number of aromatic hydroxyl groups is 1. The molecule has 0 amide bonds. The molecule has 0 aliphatic heterocycles. The Labute approximate surface area is 227 Å². The molecular weight excluding hydrogens is 521 g/mol. The summed E-state index contributed by atoms with van der Waals surface area (Å²) in [6.07, 6.45) is 2.15. The Morgan fingerprint density at radius 2 is 1.82 bits per heavy atom. The van der Waals surface area contributed by atoms with E-state index >= 15 is 0 Å². The number of benzene rings is 1. The Morgan fingerprint density at radius 3 is 2.55 bits per heavy atom. The van der Waals surface area contributed by atoms with Crippen molar-refractivity contribution in [2.75, 3.05) is 19.3 Å². The van der Waals surface area contributed by atoms with Crippen LogP contribution in [0, 0.1) is 23.2 Å². The average Bonchev–Trinajstić information content (AvgIpc) is 3.14. The standard InChI is InChI=1S/C29H42F5NO2S/c1-27-18-20(7-4-3-5-15-35(2)38-16-6-14-28(30,31)29(32,33)34)26-22-11-9-21(36)17-19(22)8-10-23(26)24(27)12-13-25(27)37/h9,11,17,20,23-26,36-37H,3-8,10,12-16,18H2,1-2H3/t20-,23?,24?,25?,26?,27?/m0/s1. The van der Waals surface area contributed by atoms with Gasteiger partial charge in [0.2, 0.25) is 0 Å². The topological polar surface area (TPSA) is 43.7 Å². The highest BCUT2D eigenvalue weighted by molar-refractivity contribution is 7.96. The summed E-state index contributed by atoms with van der Waals surface area (Å²) < 4.78 is 64.9. The monoisotopic (exact) mass is 563 g/mol. The van der Waals surface area contributed by atoms with Crippen LogP contribution in [0.3, 0.4) is 0 Å². The van der Waals surface area contributed by atoms with Gasteiger partial charge in [0.15, 0.2) is 0 Å². The first-order chi connectivity index (χ1) is 17.8. The van der Waals surface area contributed by atoms with Gasteiger partial charge >= 0.3 is 12.1 Å². The number of phenols is 1. The smallest absolute Gasteiger partial charge is 0.453 e. The lowest BCUT2D eigenvalue weighted by molar-refractivity contribution is -0.284. The average molecular weight is 564 g/mol. The fraction of sp³-hybridized carbons (Fsp3) is 0.793. The van der Waals surface area contributed by atoms with Crippen molar-refractivity contribution >= 4 is 11.9 Å². The van der Waals surface area contributed by atoms with Gasteiger partial charge in [0.25, 0.3) is 0 Å². The molecule has 4 rings (SSSR count). The molecule has 0 bridgehead atoms. The molecule has 0 aromatic heterocycles. The summed E-state index contributed by atoms with van der Waals surface area (Å²) in [6.45, 7) is 3.05. The maximum Gasteiger partial charge on any atom is 0.453 e. The second-order valence-corrected chi connectivity index (χ2v) is 13.4. The van der Waals surface area contributed by atoms with Crippen LogP contribution >= 0.6 is 11.9 Å². The number of rotatable bonds is 11. The van der Waals surface area contributed by atoms with Crippen LogP contribution in [0.1, 0.15) is 88.2 Å². The maximum atomic E-state index is 13.0. The predicted octanol–water partition coefficient (Wildman–Crippen LogP) is 7.95. The minimum absolute atomic E-state index is 0.0277. The molecular formula is C29H42F5NO2S. The molecule has 38 heavy (non-hydrogen) atoms. The van der Waals surface area contributed by atoms with E-state index in [0.29, 0.717) is 29.4 Å². The summed E-state index contributed by atoms with van der Waals surface area (Å²) in [6, 6.07) is 5.87. The van der Waals surface area contributed by atoms with Gasteiger partial charge in [0.1, 0.15) is 5.75 Å². The number of unbranched alkanes of at least 4 members (excludes halogenated alkanes) is 2. The van der Waals surface area contributed by atoms with E-state index in [1.807, 2.05) is 23.5 Å². The molecule has 6 atom stereocenters. The van der Waals surface area contributed by atoms with Crippen LogP contribution in [0.5, 0.6) is 5.75 Å². The van der Waals surface area contributed by atoms with Gasteiger partial charge in [0, 0.05) is 18.7 Å². The molecule has 0 spiro atoms. The Bertz CT molecular complexity index is 944. The number of aliphatic hydroxyl groups is 1. The number of alkyl halides is 5.